The fraction of sp³-hybridized carbons (Fsp3) is 0.300. The largest absolute Gasteiger partial charge is 0.369 e. The lowest BCUT2D eigenvalue weighted by atomic mass is 9.94. The lowest BCUT2D eigenvalue weighted by Gasteiger charge is -2.33. The highest BCUT2D eigenvalue weighted by atomic mass is 19.1. The number of halogens is 1. The molecule has 1 aliphatic heterocycles. The molecule has 1 fully saturated rings. The molecule has 0 radical (unpaired) electrons. The van der Waals surface area contributed by atoms with Crippen LogP contribution in [-0.2, 0) is 9.59 Å². The van der Waals surface area contributed by atoms with E-state index in [4.69, 9.17) is 5.73 Å². The van der Waals surface area contributed by atoms with Gasteiger partial charge in [0.15, 0.2) is 6.04 Å². The number of anilines is 1. The van der Waals surface area contributed by atoms with Crippen molar-refractivity contribution in [3.05, 3.63) is 66.0 Å². The van der Waals surface area contributed by atoms with Crippen molar-refractivity contribution >= 4 is 17.5 Å². The molecule has 3 rings (SSSR count). The van der Waals surface area contributed by atoms with Gasteiger partial charge in [-0.2, -0.15) is 0 Å². The molecule has 1 unspecified atom stereocenters. The molecule has 0 spiro atoms. The summed E-state index contributed by atoms with van der Waals surface area (Å²) >= 11 is 0. The number of hydrogen-bond acceptors (Lipinski definition) is 2. The van der Waals surface area contributed by atoms with Crippen LogP contribution in [0.3, 0.4) is 0 Å². The number of likely N-dealkylation sites (tertiary alicyclic amines) is 1. The van der Waals surface area contributed by atoms with Gasteiger partial charge >= 0.3 is 0 Å². The zero-order valence-corrected chi connectivity index (χ0v) is 14.5. The van der Waals surface area contributed by atoms with E-state index in [9.17, 15) is 14.0 Å². The molecule has 2 aromatic rings. The highest BCUT2D eigenvalue weighted by Crippen LogP contribution is 2.17. The number of primary amides is 1. The van der Waals surface area contributed by atoms with Gasteiger partial charge in [0.2, 0.25) is 5.91 Å². The maximum atomic E-state index is 13.1. The zero-order valence-electron chi connectivity index (χ0n) is 14.5. The minimum atomic E-state index is -0.455. The number of carbonyl (C=O) groups excluding carboxylic acids is 2. The topological polar surface area (TPSA) is 76.6 Å². The van der Waals surface area contributed by atoms with Crippen molar-refractivity contribution in [3.8, 4) is 0 Å². The second-order valence-electron chi connectivity index (χ2n) is 6.69. The molecule has 2 aromatic carbocycles. The van der Waals surface area contributed by atoms with E-state index >= 15 is 0 Å². The monoisotopic (exact) mass is 356 g/mol. The number of nitrogens with one attached hydrogen (secondary N) is 2. The predicted molar refractivity (Wildman–Crippen MR) is 96.8 cm³/mol. The van der Waals surface area contributed by atoms with E-state index in [1.54, 1.807) is 0 Å². The third-order valence-electron chi connectivity index (χ3n) is 4.88. The Kier molecular flexibility index (Phi) is 5.63. The van der Waals surface area contributed by atoms with Gasteiger partial charge in [0.1, 0.15) is 5.82 Å². The van der Waals surface area contributed by atoms with Crippen LogP contribution < -0.4 is 16.0 Å². The fourth-order valence-corrected chi connectivity index (χ4v) is 3.57. The van der Waals surface area contributed by atoms with Gasteiger partial charge < -0.3 is 16.0 Å². The molecule has 6 heteroatoms. The van der Waals surface area contributed by atoms with Crippen LogP contribution in [0.4, 0.5) is 10.1 Å². The molecule has 136 valence electrons. The van der Waals surface area contributed by atoms with Gasteiger partial charge in [0.05, 0.1) is 19.0 Å². The molecule has 0 bridgehead atoms. The maximum Gasteiger partial charge on any atom is 0.287 e. The number of nitrogens with two attached hydrogens (primary N) is 1. The van der Waals surface area contributed by atoms with Crippen LogP contribution in [0.2, 0.25) is 0 Å². The smallest absolute Gasteiger partial charge is 0.287 e. The first-order valence-corrected chi connectivity index (χ1v) is 8.80. The Balaban J connectivity index is 1.84. The van der Waals surface area contributed by atoms with Crippen molar-refractivity contribution in [2.75, 3.05) is 18.4 Å². The summed E-state index contributed by atoms with van der Waals surface area (Å²) in [5, 5.41) is 2.87. The second kappa shape index (κ2) is 8.10. The minimum Gasteiger partial charge on any atom is -0.369 e. The van der Waals surface area contributed by atoms with Crippen molar-refractivity contribution in [3.63, 3.8) is 0 Å². The Hall–Kier alpha value is -2.73. The van der Waals surface area contributed by atoms with E-state index in [0.29, 0.717) is 12.2 Å². The zero-order chi connectivity index (χ0) is 18.5. The Bertz CT molecular complexity index is 764. The quantitative estimate of drug-likeness (QED) is 0.755. The fourth-order valence-electron chi connectivity index (χ4n) is 3.57. The summed E-state index contributed by atoms with van der Waals surface area (Å²) in [6.45, 7) is 1.33. The molecule has 1 heterocycles. The molecular formula is C20H23FN3O2+. The van der Waals surface area contributed by atoms with E-state index in [-0.39, 0.29) is 23.5 Å². The molecule has 0 saturated carbocycles. The van der Waals surface area contributed by atoms with Crippen LogP contribution >= 0.6 is 0 Å². The summed E-state index contributed by atoms with van der Waals surface area (Å²) in [7, 11) is 0. The van der Waals surface area contributed by atoms with Crippen molar-refractivity contribution < 1.29 is 18.9 Å². The normalized spacial score (nSPS) is 21.0. The van der Waals surface area contributed by atoms with Gasteiger partial charge in [-0.25, -0.2) is 4.39 Å². The minimum absolute atomic E-state index is 0.178. The van der Waals surface area contributed by atoms with E-state index in [1.807, 2.05) is 30.3 Å². The first-order chi connectivity index (χ1) is 12.5. The number of quaternary nitrogens is 1. The number of hydrogen-bond donors (Lipinski definition) is 3. The van der Waals surface area contributed by atoms with E-state index < -0.39 is 6.04 Å². The second-order valence-corrected chi connectivity index (χ2v) is 6.69. The van der Waals surface area contributed by atoms with Crippen LogP contribution in [0.25, 0.3) is 0 Å². The molecule has 26 heavy (non-hydrogen) atoms. The Morgan fingerprint density at radius 1 is 1.12 bits per heavy atom. The molecule has 3 atom stereocenters. The Morgan fingerprint density at radius 2 is 1.81 bits per heavy atom. The highest BCUT2D eigenvalue weighted by molar-refractivity contribution is 5.94. The number of benzene rings is 2. The molecule has 2 amide bonds. The summed E-state index contributed by atoms with van der Waals surface area (Å²) in [5.41, 5.74) is 6.92. The first kappa shape index (κ1) is 18.1. The van der Waals surface area contributed by atoms with Gasteiger partial charge in [-0.05, 0) is 37.1 Å². The van der Waals surface area contributed by atoms with Crippen molar-refractivity contribution in [1.82, 2.24) is 0 Å². The SMILES string of the molecule is NC(=O)[C@H]1CCC[NH+]([C@H](C(=O)Nc2ccc(F)cc2)c2ccccc2)C1. The summed E-state index contributed by atoms with van der Waals surface area (Å²) < 4.78 is 13.1. The molecule has 1 saturated heterocycles. The van der Waals surface area contributed by atoms with Gasteiger partial charge in [0, 0.05) is 11.3 Å². The van der Waals surface area contributed by atoms with Gasteiger partial charge in [-0.15, -0.1) is 0 Å². The summed E-state index contributed by atoms with van der Waals surface area (Å²) in [4.78, 5) is 25.7. The molecule has 4 N–H and O–H groups in total. The van der Waals surface area contributed by atoms with E-state index in [1.165, 1.54) is 24.3 Å². The Morgan fingerprint density at radius 3 is 2.46 bits per heavy atom. The number of amides is 2. The first-order valence-electron chi connectivity index (χ1n) is 8.80. The van der Waals surface area contributed by atoms with Crippen LogP contribution in [0.5, 0.6) is 0 Å². The Labute approximate surface area is 152 Å². The lowest BCUT2D eigenvalue weighted by Crippen LogP contribution is -3.15. The average Bonchev–Trinajstić information content (AvgIpc) is 2.65. The molecule has 0 aromatic heterocycles. The summed E-state index contributed by atoms with van der Waals surface area (Å²) in [5.74, 6) is -1.06. The van der Waals surface area contributed by atoms with Crippen LogP contribution in [0.1, 0.15) is 24.4 Å². The summed E-state index contributed by atoms with van der Waals surface area (Å²) in [6.07, 6.45) is 1.61. The van der Waals surface area contributed by atoms with Gasteiger partial charge in [-0.1, -0.05) is 30.3 Å². The van der Waals surface area contributed by atoms with Crippen molar-refractivity contribution in [1.29, 1.82) is 0 Å². The van der Waals surface area contributed by atoms with Crippen LogP contribution in [-0.4, -0.2) is 24.9 Å². The van der Waals surface area contributed by atoms with Crippen molar-refractivity contribution in [2.45, 2.75) is 18.9 Å². The van der Waals surface area contributed by atoms with Crippen molar-refractivity contribution in [2.24, 2.45) is 11.7 Å². The third-order valence-corrected chi connectivity index (χ3v) is 4.88. The maximum absolute atomic E-state index is 13.1. The molecule has 1 aliphatic rings. The van der Waals surface area contributed by atoms with Gasteiger partial charge in [-0.3, -0.25) is 9.59 Å². The van der Waals surface area contributed by atoms with Crippen LogP contribution in [0, 0.1) is 11.7 Å². The highest BCUT2D eigenvalue weighted by Gasteiger charge is 2.37. The molecule has 5 nitrogen and oxygen atoms in total. The number of carbonyl (C=O) groups is 2. The third kappa shape index (κ3) is 4.26. The molecule has 0 aliphatic carbocycles. The van der Waals surface area contributed by atoms with Crippen LogP contribution in [0.15, 0.2) is 54.6 Å². The average molecular weight is 356 g/mol. The van der Waals surface area contributed by atoms with Gasteiger partial charge in [0.25, 0.3) is 5.91 Å². The standard InChI is InChI=1S/C20H22FN3O2/c21-16-8-10-17(11-9-16)23-20(26)18(14-5-2-1-3-6-14)24-12-4-7-15(13-24)19(22)25/h1-3,5-6,8-11,15,18H,4,7,12-13H2,(H2,22,25)(H,23,26)/p+1/t15-,18-/m0/s1. The molecular weight excluding hydrogens is 333 g/mol. The number of rotatable bonds is 5. The van der Waals surface area contributed by atoms with E-state index in [0.717, 1.165) is 29.8 Å². The lowest BCUT2D eigenvalue weighted by molar-refractivity contribution is -0.928. The summed E-state index contributed by atoms with van der Waals surface area (Å²) in [6, 6.07) is 14.7. The predicted octanol–water partition coefficient (Wildman–Crippen LogP) is 1.29. The number of piperidine rings is 1. The van der Waals surface area contributed by atoms with E-state index in [2.05, 4.69) is 5.32 Å².